The number of hydrogen-bond acceptors (Lipinski definition) is 4. The third-order valence-electron chi connectivity index (χ3n) is 3.55. The van der Waals surface area contributed by atoms with E-state index in [4.69, 9.17) is 28.6 Å². The van der Waals surface area contributed by atoms with Crippen molar-refractivity contribution in [3.63, 3.8) is 0 Å². The van der Waals surface area contributed by atoms with Crippen LogP contribution in [0.3, 0.4) is 0 Å². The van der Waals surface area contributed by atoms with E-state index in [0.717, 1.165) is 10.0 Å². The third kappa shape index (κ3) is 4.30. The zero-order chi connectivity index (χ0) is 18.7. The molecule has 26 heavy (non-hydrogen) atoms. The Morgan fingerprint density at radius 1 is 1.12 bits per heavy atom. The molecule has 2 N–H and O–H groups in total. The molecular formula is C18H12BrClN2O3S. The molecule has 0 radical (unpaired) electrons. The van der Waals surface area contributed by atoms with E-state index in [0.29, 0.717) is 22.9 Å². The van der Waals surface area contributed by atoms with E-state index in [2.05, 4.69) is 26.6 Å². The highest BCUT2D eigenvalue weighted by molar-refractivity contribution is 9.10. The molecule has 1 saturated heterocycles. The van der Waals surface area contributed by atoms with Crippen LogP contribution in [0.15, 0.2) is 52.5 Å². The van der Waals surface area contributed by atoms with Crippen molar-refractivity contribution in [2.75, 3.05) is 0 Å². The monoisotopic (exact) mass is 450 g/mol. The van der Waals surface area contributed by atoms with Crippen molar-refractivity contribution in [2.45, 2.75) is 6.61 Å². The summed E-state index contributed by atoms with van der Waals surface area (Å²) in [6.07, 6.45) is 1.44. The molecule has 3 rings (SSSR count). The maximum atomic E-state index is 11.9. The first-order chi connectivity index (χ1) is 12.4. The number of benzene rings is 2. The van der Waals surface area contributed by atoms with Crippen molar-refractivity contribution in [3.8, 4) is 5.75 Å². The Morgan fingerprint density at radius 3 is 2.46 bits per heavy atom. The summed E-state index contributed by atoms with van der Waals surface area (Å²) in [6.45, 7) is 0.351. The smallest absolute Gasteiger partial charge is 0.263 e. The van der Waals surface area contributed by atoms with Crippen LogP contribution in [0.5, 0.6) is 5.75 Å². The molecule has 1 aliphatic heterocycles. The molecule has 8 heteroatoms. The number of thiocarbonyl (C=S) groups is 1. The summed E-state index contributed by atoms with van der Waals surface area (Å²) in [5.41, 5.74) is 1.54. The first-order valence-corrected chi connectivity index (χ1v) is 9.06. The van der Waals surface area contributed by atoms with Crippen LogP contribution < -0.4 is 15.4 Å². The molecule has 0 atom stereocenters. The van der Waals surface area contributed by atoms with Crippen LogP contribution in [0.25, 0.3) is 6.08 Å². The zero-order valence-corrected chi connectivity index (χ0v) is 16.4. The Hall–Kier alpha value is -2.22. The lowest BCUT2D eigenvalue weighted by molar-refractivity contribution is -0.123. The normalized spacial score (nSPS) is 13.9. The molecule has 0 aromatic heterocycles. The van der Waals surface area contributed by atoms with Gasteiger partial charge in [0.25, 0.3) is 11.8 Å². The Balaban J connectivity index is 1.76. The van der Waals surface area contributed by atoms with Gasteiger partial charge in [-0.1, -0.05) is 51.8 Å². The van der Waals surface area contributed by atoms with Gasteiger partial charge in [-0.3, -0.25) is 20.2 Å². The molecule has 2 aromatic carbocycles. The molecular weight excluding hydrogens is 440 g/mol. The number of hydrogen-bond donors (Lipinski definition) is 2. The maximum absolute atomic E-state index is 11.9. The van der Waals surface area contributed by atoms with Crippen molar-refractivity contribution in [1.82, 2.24) is 10.6 Å². The van der Waals surface area contributed by atoms with Crippen LogP contribution in [0.1, 0.15) is 11.1 Å². The van der Waals surface area contributed by atoms with Gasteiger partial charge in [0, 0.05) is 10.0 Å². The van der Waals surface area contributed by atoms with Crippen LogP contribution >= 0.6 is 39.7 Å². The molecule has 1 heterocycles. The number of carbonyl (C=O) groups is 2. The third-order valence-corrected chi connectivity index (χ3v) is 4.82. The summed E-state index contributed by atoms with van der Waals surface area (Å²) in [5, 5.41) is 5.13. The summed E-state index contributed by atoms with van der Waals surface area (Å²) in [4.78, 5) is 23.7. The predicted molar refractivity (Wildman–Crippen MR) is 107 cm³/mol. The predicted octanol–water partition coefficient (Wildman–Crippen LogP) is 3.60. The molecule has 0 bridgehead atoms. The highest BCUT2D eigenvalue weighted by atomic mass is 79.9. The van der Waals surface area contributed by atoms with Crippen LogP contribution in [0.2, 0.25) is 5.02 Å². The first-order valence-electron chi connectivity index (χ1n) is 7.48. The number of amides is 2. The number of halogens is 2. The quantitative estimate of drug-likeness (QED) is 0.423. The minimum atomic E-state index is -0.552. The lowest BCUT2D eigenvalue weighted by Crippen LogP contribution is -2.51. The Morgan fingerprint density at radius 2 is 1.81 bits per heavy atom. The fourth-order valence-corrected chi connectivity index (χ4v) is 3.10. The van der Waals surface area contributed by atoms with Gasteiger partial charge in [0.1, 0.15) is 17.9 Å². The molecule has 5 nitrogen and oxygen atoms in total. The fraction of sp³-hybridized carbons (Fsp3) is 0.0556. The molecule has 1 aliphatic rings. The van der Waals surface area contributed by atoms with E-state index >= 15 is 0 Å². The maximum Gasteiger partial charge on any atom is 0.263 e. The van der Waals surface area contributed by atoms with Gasteiger partial charge in [0.15, 0.2) is 5.11 Å². The van der Waals surface area contributed by atoms with Gasteiger partial charge in [-0.15, -0.1) is 0 Å². The average Bonchev–Trinajstić information content (AvgIpc) is 2.58. The number of carbonyl (C=O) groups excluding carboxylic acids is 2. The summed E-state index contributed by atoms with van der Waals surface area (Å²) < 4.78 is 6.70. The van der Waals surface area contributed by atoms with Gasteiger partial charge in [-0.2, -0.15) is 0 Å². The second-order valence-corrected chi connectivity index (χ2v) is 7.04. The number of ether oxygens (including phenoxy) is 1. The molecule has 0 unspecified atom stereocenters. The fourth-order valence-electron chi connectivity index (χ4n) is 2.27. The highest BCUT2D eigenvalue weighted by Gasteiger charge is 2.25. The molecule has 132 valence electrons. The number of rotatable bonds is 4. The Kier molecular flexibility index (Phi) is 5.70. The summed E-state index contributed by atoms with van der Waals surface area (Å²) >= 11 is 14.5. The van der Waals surface area contributed by atoms with Crippen LogP contribution in [0.4, 0.5) is 0 Å². The topological polar surface area (TPSA) is 67.4 Å². The van der Waals surface area contributed by atoms with Crippen LogP contribution in [-0.4, -0.2) is 16.9 Å². The van der Waals surface area contributed by atoms with E-state index in [1.54, 1.807) is 18.2 Å². The van der Waals surface area contributed by atoms with E-state index in [1.165, 1.54) is 6.08 Å². The lowest BCUT2D eigenvalue weighted by atomic mass is 10.1. The molecule has 0 aliphatic carbocycles. The van der Waals surface area contributed by atoms with Gasteiger partial charge < -0.3 is 4.74 Å². The lowest BCUT2D eigenvalue weighted by Gasteiger charge is -2.16. The summed E-state index contributed by atoms with van der Waals surface area (Å²) in [7, 11) is 0. The Bertz CT molecular complexity index is 924. The van der Waals surface area contributed by atoms with E-state index in [1.807, 2.05) is 24.3 Å². The van der Waals surface area contributed by atoms with Gasteiger partial charge in [-0.25, -0.2) is 0 Å². The van der Waals surface area contributed by atoms with E-state index in [9.17, 15) is 9.59 Å². The molecule has 0 saturated carbocycles. The molecule has 2 aromatic rings. The Labute approximate surface area is 168 Å². The van der Waals surface area contributed by atoms with Crippen LogP contribution in [-0.2, 0) is 16.2 Å². The van der Waals surface area contributed by atoms with E-state index in [-0.39, 0.29) is 10.7 Å². The van der Waals surface area contributed by atoms with E-state index < -0.39 is 11.8 Å². The second kappa shape index (κ2) is 7.99. The van der Waals surface area contributed by atoms with Crippen LogP contribution in [0, 0.1) is 0 Å². The molecule has 0 spiro atoms. The molecule has 1 fully saturated rings. The van der Waals surface area contributed by atoms with Gasteiger partial charge in [-0.05, 0) is 42.1 Å². The largest absolute Gasteiger partial charge is 0.487 e. The number of nitrogens with one attached hydrogen (secondary N) is 2. The van der Waals surface area contributed by atoms with Gasteiger partial charge >= 0.3 is 0 Å². The second-order valence-electron chi connectivity index (χ2n) is 5.37. The van der Waals surface area contributed by atoms with Crippen molar-refractivity contribution in [2.24, 2.45) is 0 Å². The summed E-state index contributed by atoms with van der Waals surface area (Å²) in [5.74, 6) is -0.600. The molecule has 2 amide bonds. The van der Waals surface area contributed by atoms with Crippen molar-refractivity contribution in [1.29, 1.82) is 0 Å². The highest BCUT2D eigenvalue weighted by Crippen LogP contribution is 2.28. The van der Waals surface area contributed by atoms with Crippen molar-refractivity contribution >= 4 is 62.8 Å². The van der Waals surface area contributed by atoms with Gasteiger partial charge in [0.05, 0.1) is 5.02 Å². The standard InChI is InChI=1S/C18H12BrClN2O3S/c19-13-4-2-1-3-11(13)9-25-15-6-5-10(8-14(15)20)7-12-16(23)21-18(26)22-17(12)24/h1-8H,9H2,(H2,21,22,23,24,26). The zero-order valence-electron chi connectivity index (χ0n) is 13.2. The van der Waals surface area contributed by atoms with Gasteiger partial charge in [0.2, 0.25) is 0 Å². The van der Waals surface area contributed by atoms with Crippen molar-refractivity contribution < 1.29 is 14.3 Å². The summed E-state index contributed by atoms with van der Waals surface area (Å²) in [6, 6.07) is 12.7. The van der Waals surface area contributed by atoms with Crippen molar-refractivity contribution in [3.05, 3.63) is 68.7 Å². The average molecular weight is 452 g/mol. The SMILES string of the molecule is O=C1NC(=S)NC(=O)C1=Cc1ccc(OCc2ccccc2Br)c(Cl)c1. The minimum Gasteiger partial charge on any atom is -0.487 e. The minimum absolute atomic E-state index is 0.00833. The first kappa shape index (κ1) is 18.6.